The topological polar surface area (TPSA) is 103 Å². The van der Waals surface area contributed by atoms with E-state index in [0.29, 0.717) is 17.1 Å². The summed E-state index contributed by atoms with van der Waals surface area (Å²) in [4.78, 5) is 23.2. The number of nitrogens with zero attached hydrogens (tertiary/aromatic N) is 2. The van der Waals surface area contributed by atoms with Gasteiger partial charge < -0.3 is 9.47 Å². The summed E-state index contributed by atoms with van der Waals surface area (Å²) in [5, 5.41) is 15.2. The normalized spacial score (nSPS) is 16.8. The lowest BCUT2D eigenvalue weighted by Crippen LogP contribution is -2.20. The van der Waals surface area contributed by atoms with Crippen LogP contribution in [0.5, 0.6) is 11.5 Å². The molecule has 0 bridgehead atoms. The van der Waals surface area contributed by atoms with E-state index in [1.54, 1.807) is 38.4 Å². The predicted octanol–water partition coefficient (Wildman–Crippen LogP) is 6.04. The average Bonchev–Trinajstić information content (AvgIpc) is 3.68. The van der Waals surface area contributed by atoms with Gasteiger partial charge in [-0.1, -0.05) is 45.0 Å². The smallest absolute Gasteiger partial charge is 0.272 e. The molecule has 1 amide bonds. The Morgan fingerprint density at radius 3 is 2.50 bits per heavy atom. The number of hydrazone groups is 1. The molecule has 0 spiro atoms. The maximum atomic E-state index is 12.6. The monoisotopic (exact) mass is 515 g/mol. The number of nitro groups is 1. The molecule has 0 aliphatic heterocycles. The first kappa shape index (κ1) is 26.9. The highest BCUT2D eigenvalue weighted by Crippen LogP contribution is 2.47. The molecule has 0 radical (unpaired) electrons. The van der Waals surface area contributed by atoms with Crippen molar-refractivity contribution >= 4 is 17.8 Å². The lowest BCUT2D eigenvalue weighted by molar-refractivity contribution is -0.385. The van der Waals surface area contributed by atoms with E-state index < -0.39 is 4.92 Å². The molecule has 1 aliphatic rings. The molecular formula is C30H33N3O5. The summed E-state index contributed by atoms with van der Waals surface area (Å²) in [6.45, 7) is 8.43. The second-order valence-corrected chi connectivity index (χ2v) is 10.6. The number of ether oxygens (including phenoxy) is 2. The molecule has 198 valence electrons. The SMILES string of the molecule is COc1ccc(/C=N/NC(=O)[C@H]2C[C@H]2c2ccc(C(C)(C)C)cc2)cc1COc1ccc([N+](=O)[O-])c(C)c1. The molecule has 1 aliphatic carbocycles. The van der Waals surface area contributed by atoms with Crippen LogP contribution in [-0.4, -0.2) is 24.2 Å². The van der Waals surface area contributed by atoms with Crippen LogP contribution in [0.2, 0.25) is 0 Å². The largest absolute Gasteiger partial charge is 0.496 e. The van der Waals surface area contributed by atoms with Crippen molar-refractivity contribution in [3.63, 3.8) is 0 Å². The summed E-state index contributed by atoms with van der Waals surface area (Å²) in [6.07, 6.45) is 2.41. The van der Waals surface area contributed by atoms with E-state index in [2.05, 4.69) is 55.6 Å². The Morgan fingerprint density at radius 2 is 1.87 bits per heavy atom. The van der Waals surface area contributed by atoms with Crippen LogP contribution in [0.3, 0.4) is 0 Å². The second-order valence-electron chi connectivity index (χ2n) is 10.6. The molecular weight excluding hydrogens is 482 g/mol. The van der Waals surface area contributed by atoms with E-state index in [9.17, 15) is 14.9 Å². The third-order valence-corrected chi connectivity index (χ3v) is 6.78. The lowest BCUT2D eigenvalue weighted by atomic mass is 9.86. The molecule has 1 N–H and O–H groups in total. The Labute approximate surface area is 222 Å². The van der Waals surface area contributed by atoms with Gasteiger partial charge in [0.1, 0.15) is 18.1 Å². The minimum atomic E-state index is -0.419. The highest BCUT2D eigenvalue weighted by Gasteiger charge is 2.44. The number of carbonyl (C=O) groups excluding carboxylic acids is 1. The summed E-state index contributed by atoms with van der Waals surface area (Å²) >= 11 is 0. The van der Waals surface area contributed by atoms with Gasteiger partial charge in [0.05, 0.1) is 18.2 Å². The van der Waals surface area contributed by atoms with Crippen LogP contribution >= 0.6 is 0 Å². The molecule has 0 aromatic heterocycles. The number of aryl methyl sites for hydroxylation is 1. The van der Waals surface area contributed by atoms with Crippen molar-refractivity contribution in [2.75, 3.05) is 7.11 Å². The predicted molar refractivity (Wildman–Crippen MR) is 147 cm³/mol. The van der Waals surface area contributed by atoms with Crippen molar-refractivity contribution in [1.29, 1.82) is 0 Å². The molecule has 1 fully saturated rings. The van der Waals surface area contributed by atoms with E-state index >= 15 is 0 Å². The van der Waals surface area contributed by atoms with Gasteiger partial charge in [-0.3, -0.25) is 14.9 Å². The summed E-state index contributed by atoms with van der Waals surface area (Å²) in [5.41, 5.74) is 7.35. The third kappa shape index (κ3) is 6.37. The van der Waals surface area contributed by atoms with Gasteiger partial charge in [0.15, 0.2) is 0 Å². The van der Waals surface area contributed by atoms with Gasteiger partial charge in [0.2, 0.25) is 5.91 Å². The minimum Gasteiger partial charge on any atom is -0.496 e. The lowest BCUT2D eigenvalue weighted by Gasteiger charge is -2.19. The zero-order chi connectivity index (χ0) is 27.4. The minimum absolute atomic E-state index is 0.0474. The first-order valence-electron chi connectivity index (χ1n) is 12.5. The second kappa shape index (κ2) is 11.0. The van der Waals surface area contributed by atoms with Crippen molar-refractivity contribution in [2.24, 2.45) is 11.0 Å². The number of rotatable bonds is 9. The molecule has 0 saturated heterocycles. The third-order valence-electron chi connectivity index (χ3n) is 6.78. The Kier molecular flexibility index (Phi) is 7.80. The standard InChI is InChI=1S/C30H33N3O5/c1-19-14-24(11-12-27(19)33(35)36)38-18-22-15-20(6-13-28(22)37-5)17-31-32-29(34)26-16-25(26)21-7-9-23(10-8-21)30(2,3)4/h6-15,17,25-26H,16,18H2,1-5H3,(H,32,34)/b31-17+/t25-,26-/m0/s1. The van der Waals surface area contributed by atoms with Gasteiger partial charge >= 0.3 is 0 Å². The highest BCUT2D eigenvalue weighted by atomic mass is 16.6. The molecule has 1 saturated carbocycles. The molecule has 38 heavy (non-hydrogen) atoms. The zero-order valence-electron chi connectivity index (χ0n) is 22.4. The summed E-state index contributed by atoms with van der Waals surface area (Å²) in [6, 6.07) is 18.7. The Morgan fingerprint density at radius 1 is 1.13 bits per heavy atom. The van der Waals surface area contributed by atoms with Crippen molar-refractivity contribution in [1.82, 2.24) is 5.43 Å². The first-order chi connectivity index (χ1) is 18.1. The number of methoxy groups -OCH3 is 1. The molecule has 0 heterocycles. The van der Waals surface area contributed by atoms with Crippen LogP contribution in [-0.2, 0) is 16.8 Å². The Hall–Kier alpha value is -4.20. The molecule has 3 aromatic carbocycles. The van der Waals surface area contributed by atoms with Crippen molar-refractivity contribution in [2.45, 2.75) is 52.1 Å². The number of nitro benzene ring substituents is 1. The summed E-state index contributed by atoms with van der Waals surface area (Å²) < 4.78 is 11.3. The van der Waals surface area contributed by atoms with Gasteiger partial charge in [0, 0.05) is 23.1 Å². The van der Waals surface area contributed by atoms with E-state index in [4.69, 9.17) is 9.47 Å². The fourth-order valence-electron chi connectivity index (χ4n) is 4.41. The maximum Gasteiger partial charge on any atom is 0.272 e. The number of hydrogen-bond donors (Lipinski definition) is 1. The van der Waals surface area contributed by atoms with Crippen molar-refractivity contribution in [3.8, 4) is 11.5 Å². The number of hydrogen-bond acceptors (Lipinski definition) is 6. The highest BCUT2D eigenvalue weighted by molar-refractivity contribution is 5.85. The first-order valence-corrected chi connectivity index (χ1v) is 12.5. The summed E-state index contributed by atoms with van der Waals surface area (Å²) in [7, 11) is 1.57. The molecule has 4 rings (SSSR count). The van der Waals surface area contributed by atoms with Crippen LogP contribution in [0.1, 0.15) is 60.9 Å². The van der Waals surface area contributed by atoms with E-state index in [-0.39, 0.29) is 35.5 Å². The fraction of sp³-hybridized carbons (Fsp3) is 0.333. The van der Waals surface area contributed by atoms with Crippen molar-refractivity contribution < 1.29 is 19.2 Å². The zero-order valence-corrected chi connectivity index (χ0v) is 22.4. The molecule has 8 heteroatoms. The average molecular weight is 516 g/mol. The summed E-state index contributed by atoms with van der Waals surface area (Å²) in [5.74, 6) is 1.23. The molecule has 8 nitrogen and oxygen atoms in total. The van der Waals surface area contributed by atoms with Crippen LogP contribution in [0.4, 0.5) is 5.69 Å². The quantitative estimate of drug-likeness (QED) is 0.213. The van der Waals surface area contributed by atoms with Crippen molar-refractivity contribution in [3.05, 3.63) is 98.6 Å². The molecule has 3 aromatic rings. The Balaban J connectivity index is 1.34. The number of benzene rings is 3. The number of nitrogens with one attached hydrogen (secondary N) is 1. The van der Waals surface area contributed by atoms with Crippen LogP contribution in [0.25, 0.3) is 0 Å². The van der Waals surface area contributed by atoms with E-state index in [0.717, 1.165) is 17.5 Å². The van der Waals surface area contributed by atoms with Crippen LogP contribution < -0.4 is 14.9 Å². The van der Waals surface area contributed by atoms with Gasteiger partial charge in [-0.15, -0.1) is 0 Å². The van der Waals surface area contributed by atoms with Gasteiger partial charge in [-0.25, -0.2) is 5.43 Å². The van der Waals surface area contributed by atoms with Crippen LogP contribution in [0.15, 0.2) is 65.8 Å². The molecule has 2 atom stereocenters. The Bertz CT molecular complexity index is 1360. The fourth-order valence-corrected chi connectivity index (χ4v) is 4.41. The maximum absolute atomic E-state index is 12.6. The van der Waals surface area contributed by atoms with Gasteiger partial charge in [-0.05, 0) is 71.7 Å². The van der Waals surface area contributed by atoms with Gasteiger partial charge in [-0.2, -0.15) is 5.10 Å². The molecule has 0 unspecified atom stereocenters. The van der Waals surface area contributed by atoms with E-state index in [1.165, 1.54) is 17.2 Å². The number of carbonyl (C=O) groups is 1. The van der Waals surface area contributed by atoms with E-state index in [1.807, 2.05) is 12.1 Å². The number of amides is 1. The van der Waals surface area contributed by atoms with Crippen LogP contribution in [0, 0.1) is 23.0 Å². The van der Waals surface area contributed by atoms with Gasteiger partial charge in [0.25, 0.3) is 5.69 Å².